The third-order valence-corrected chi connectivity index (χ3v) is 9.75. The number of aliphatic hydroxyl groups excluding tert-OH is 1. The Kier molecular flexibility index (Phi) is 6.28. The van der Waals surface area contributed by atoms with Crippen molar-refractivity contribution in [3.8, 4) is 28.3 Å². The van der Waals surface area contributed by atoms with Gasteiger partial charge in [0.1, 0.15) is 12.0 Å². The minimum Gasteiger partial charge on any atom is -0.493 e. The van der Waals surface area contributed by atoms with Crippen LogP contribution < -0.4 is 9.46 Å². The van der Waals surface area contributed by atoms with Gasteiger partial charge in [0, 0.05) is 29.0 Å². The maximum Gasteiger partial charge on any atom is 0.265 e. The van der Waals surface area contributed by atoms with E-state index >= 15 is 0 Å². The number of carbonyl (C=O) groups excluding carboxylic acids is 1. The van der Waals surface area contributed by atoms with Gasteiger partial charge in [0.25, 0.3) is 5.91 Å². The first kappa shape index (κ1) is 25.3. The van der Waals surface area contributed by atoms with Crippen molar-refractivity contribution in [1.29, 1.82) is 0 Å². The summed E-state index contributed by atoms with van der Waals surface area (Å²) in [5.41, 5.74) is 3.77. The van der Waals surface area contributed by atoms with E-state index in [4.69, 9.17) is 9.15 Å². The van der Waals surface area contributed by atoms with Crippen LogP contribution in [0.2, 0.25) is 0 Å². The molecule has 8 nitrogen and oxygen atoms in total. The molecule has 0 radical (unpaired) electrons. The van der Waals surface area contributed by atoms with Gasteiger partial charge in [-0.3, -0.25) is 4.79 Å². The molecule has 2 heterocycles. The molecule has 2 aliphatic rings. The Morgan fingerprint density at radius 3 is 2.56 bits per heavy atom. The Morgan fingerprint density at radius 1 is 1.05 bits per heavy atom. The number of amides is 1. The maximum atomic E-state index is 13.0. The van der Waals surface area contributed by atoms with E-state index in [0.717, 1.165) is 11.3 Å². The molecule has 6 rings (SSSR count). The Balaban J connectivity index is 1.21. The number of fused-ring (bicyclic) bond motifs is 1. The standard InChI is InChI=1S/C30H28N2O6S/c1-30(13-14-30)39(35,36)32-28(34)24-10-6-5-9-23(24)20-11-12-25-26(16-20)37-17-21(27(25)33)15-22-18-38-29(31-22)19-7-3-2-4-8-19/h2-12,16,18,21,27,33H,13-15,17H2,1H3,(H,32,34)/t21-,27-/m1/s1. The number of sulfonamides is 1. The van der Waals surface area contributed by atoms with Gasteiger partial charge in [0.2, 0.25) is 15.9 Å². The fraction of sp³-hybridized carbons (Fsp3) is 0.267. The topological polar surface area (TPSA) is 119 Å². The Morgan fingerprint density at radius 2 is 1.79 bits per heavy atom. The van der Waals surface area contributed by atoms with Crippen LogP contribution in [0.25, 0.3) is 22.6 Å². The molecular weight excluding hydrogens is 516 g/mol. The van der Waals surface area contributed by atoms with Crippen LogP contribution in [0.15, 0.2) is 83.5 Å². The van der Waals surface area contributed by atoms with Crippen molar-refractivity contribution in [3.05, 3.63) is 95.9 Å². The SMILES string of the molecule is CC1(S(=O)(=O)NC(=O)c2ccccc2-c2ccc3c(c2)OC[C@@H](Cc2coc(-c4ccccc4)n2)[C@H]3O)CC1. The molecule has 1 aliphatic heterocycles. The highest BCUT2D eigenvalue weighted by Gasteiger charge is 2.51. The zero-order valence-electron chi connectivity index (χ0n) is 21.3. The average Bonchev–Trinajstić information content (AvgIpc) is 3.55. The summed E-state index contributed by atoms with van der Waals surface area (Å²) in [5, 5.41) is 11.2. The molecular formula is C30H28N2O6S. The van der Waals surface area contributed by atoms with Crippen LogP contribution in [0, 0.1) is 5.92 Å². The number of rotatable bonds is 7. The molecule has 1 amide bonds. The van der Waals surface area contributed by atoms with Gasteiger partial charge in [-0.25, -0.2) is 18.1 Å². The molecule has 1 saturated carbocycles. The quantitative estimate of drug-likeness (QED) is 0.340. The monoisotopic (exact) mass is 544 g/mol. The summed E-state index contributed by atoms with van der Waals surface area (Å²) in [6.45, 7) is 1.92. The van der Waals surface area contributed by atoms with E-state index in [1.807, 2.05) is 30.3 Å². The van der Waals surface area contributed by atoms with Gasteiger partial charge in [-0.15, -0.1) is 0 Å². The summed E-state index contributed by atoms with van der Waals surface area (Å²) in [6.07, 6.45) is 2.39. The van der Waals surface area contributed by atoms with E-state index in [0.29, 0.717) is 47.6 Å². The molecule has 9 heteroatoms. The molecule has 0 bridgehead atoms. The van der Waals surface area contributed by atoms with Crippen molar-refractivity contribution in [1.82, 2.24) is 9.71 Å². The van der Waals surface area contributed by atoms with E-state index in [1.54, 1.807) is 55.7 Å². The fourth-order valence-electron chi connectivity index (χ4n) is 4.84. The van der Waals surface area contributed by atoms with E-state index in [9.17, 15) is 18.3 Å². The number of ether oxygens (including phenoxy) is 1. The van der Waals surface area contributed by atoms with Crippen molar-refractivity contribution < 1.29 is 27.5 Å². The maximum absolute atomic E-state index is 13.0. The van der Waals surface area contributed by atoms with Crippen molar-refractivity contribution >= 4 is 15.9 Å². The van der Waals surface area contributed by atoms with E-state index in [1.165, 1.54) is 0 Å². The molecule has 39 heavy (non-hydrogen) atoms. The smallest absolute Gasteiger partial charge is 0.265 e. The van der Waals surface area contributed by atoms with Gasteiger partial charge in [-0.05, 0) is 55.2 Å². The van der Waals surface area contributed by atoms with Gasteiger partial charge in [-0.1, -0.05) is 48.5 Å². The van der Waals surface area contributed by atoms with Gasteiger partial charge >= 0.3 is 0 Å². The van der Waals surface area contributed by atoms with Crippen molar-refractivity contribution in [3.63, 3.8) is 0 Å². The van der Waals surface area contributed by atoms with E-state index in [2.05, 4.69) is 9.71 Å². The highest BCUT2D eigenvalue weighted by molar-refractivity contribution is 7.91. The number of nitrogens with zero attached hydrogens (tertiary/aromatic N) is 1. The van der Waals surface area contributed by atoms with Crippen molar-refractivity contribution in [2.75, 3.05) is 6.61 Å². The highest BCUT2D eigenvalue weighted by Crippen LogP contribution is 2.43. The van der Waals surface area contributed by atoms with Gasteiger partial charge in [-0.2, -0.15) is 0 Å². The lowest BCUT2D eigenvalue weighted by atomic mass is 9.88. The molecule has 4 aromatic rings. The second-order valence-electron chi connectivity index (χ2n) is 10.4. The van der Waals surface area contributed by atoms with Crippen LogP contribution in [-0.2, 0) is 16.4 Å². The Hall–Kier alpha value is -3.95. The molecule has 0 saturated heterocycles. The number of aromatic nitrogens is 1. The second-order valence-corrected chi connectivity index (χ2v) is 12.6. The van der Waals surface area contributed by atoms with Crippen LogP contribution in [0.5, 0.6) is 5.75 Å². The van der Waals surface area contributed by atoms with Gasteiger partial charge in [0.05, 0.1) is 23.2 Å². The van der Waals surface area contributed by atoms with Crippen LogP contribution in [0.4, 0.5) is 0 Å². The number of aliphatic hydroxyl groups is 1. The summed E-state index contributed by atoms with van der Waals surface area (Å²) in [5.74, 6) is 0.169. The Labute approximate surface area is 226 Å². The molecule has 0 spiro atoms. The molecule has 2 N–H and O–H groups in total. The number of hydrogen-bond acceptors (Lipinski definition) is 7. The lowest BCUT2D eigenvalue weighted by Gasteiger charge is -2.30. The van der Waals surface area contributed by atoms with Crippen molar-refractivity contribution in [2.24, 2.45) is 5.92 Å². The number of carbonyl (C=O) groups is 1. The van der Waals surface area contributed by atoms with Crippen LogP contribution >= 0.6 is 0 Å². The van der Waals surface area contributed by atoms with Gasteiger partial charge in [0.15, 0.2) is 0 Å². The highest BCUT2D eigenvalue weighted by atomic mass is 32.2. The zero-order valence-corrected chi connectivity index (χ0v) is 22.1. The number of benzene rings is 3. The predicted octanol–water partition coefficient (Wildman–Crippen LogP) is 4.91. The average molecular weight is 545 g/mol. The molecule has 200 valence electrons. The van der Waals surface area contributed by atoms with E-state index in [-0.39, 0.29) is 18.1 Å². The molecule has 1 fully saturated rings. The third kappa shape index (κ3) is 4.84. The first-order chi connectivity index (χ1) is 18.7. The second kappa shape index (κ2) is 9.66. The minimum atomic E-state index is -3.77. The van der Waals surface area contributed by atoms with Crippen LogP contribution in [0.3, 0.4) is 0 Å². The molecule has 0 unspecified atom stereocenters. The lowest BCUT2D eigenvalue weighted by molar-refractivity contribution is 0.0503. The number of nitrogens with one attached hydrogen (secondary N) is 1. The summed E-state index contributed by atoms with van der Waals surface area (Å²) in [7, 11) is -3.77. The largest absolute Gasteiger partial charge is 0.493 e. The summed E-state index contributed by atoms with van der Waals surface area (Å²) in [6, 6.07) is 21.8. The van der Waals surface area contributed by atoms with Crippen LogP contribution in [0.1, 0.15) is 47.5 Å². The van der Waals surface area contributed by atoms with E-state index < -0.39 is 26.8 Å². The van der Waals surface area contributed by atoms with Gasteiger partial charge < -0.3 is 14.3 Å². The molecule has 3 aromatic carbocycles. The molecule has 1 aromatic heterocycles. The number of oxazole rings is 1. The normalized spacial score (nSPS) is 19.5. The fourth-order valence-corrected chi connectivity index (χ4v) is 6.08. The lowest BCUT2D eigenvalue weighted by Crippen LogP contribution is -2.38. The first-order valence-electron chi connectivity index (χ1n) is 12.8. The zero-order chi connectivity index (χ0) is 27.2. The minimum absolute atomic E-state index is 0.218. The van der Waals surface area contributed by atoms with Crippen LogP contribution in [-0.4, -0.2) is 35.8 Å². The summed E-state index contributed by atoms with van der Waals surface area (Å²) in [4.78, 5) is 17.6. The first-order valence-corrected chi connectivity index (χ1v) is 14.3. The molecule has 2 atom stereocenters. The predicted molar refractivity (Wildman–Crippen MR) is 145 cm³/mol. The number of hydrogen-bond donors (Lipinski definition) is 2. The summed E-state index contributed by atoms with van der Waals surface area (Å²) >= 11 is 0. The third-order valence-electron chi connectivity index (χ3n) is 7.59. The summed E-state index contributed by atoms with van der Waals surface area (Å²) < 4.78 is 38.3. The van der Waals surface area contributed by atoms with Crippen molar-refractivity contribution in [2.45, 2.75) is 37.0 Å². The Bertz CT molecular complexity index is 1640. The molecule has 1 aliphatic carbocycles.